The zero-order valence-corrected chi connectivity index (χ0v) is 34.4. The molecule has 2 aliphatic rings. The number of allylic oxidation sites excluding steroid dienone is 4. The zero-order valence-electron chi connectivity index (χ0n) is 30.5. The van der Waals surface area contributed by atoms with E-state index >= 15 is 0 Å². The van der Waals surface area contributed by atoms with Crippen LogP contribution in [0.15, 0.2) is 94.3 Å². The fourth-order valence-corrected chi connectivity index (χ4v) is 16.7. The maximum atomic E-state index is 13.8. The fourth-order valence-electron chi connectivity index (χ4n) is 7.77. The number of fused-ring (bicyclic) bond motifs is 3. The summed E-state index contributed by atoms with van der Waals surface area (Å²) in [7, 11) is 0. The number of halogens is 8. The maximum absolute atomic E-state index is 13.8. The molecule has 0 N–H and O–H groups in total. The van der Waals surface area contributed by atoms with Gasteiger partial charge in [0, 0.05) is 0 Å². The van der Waals surface area contributed by atoms with Gasteiger partial charge in [-0.1, -0.05) is 0 Å². The molecular weight excluding hydrogens is 793 g/mol. The number of rotatable bonds is 4. The molecule has 274 valence electrons. The van der Waals surface area contributed by atoms with Gasteiger partial charge in [0.05, 0.1) is 0 Å². The molecule has 52 heavy (non-hydrogen) atoms. The predicted octanol–water partition coefficient (Wildman–Crippen LogP) is 6.74. The van der Waals surface area contributed by atoms with Crippen molar-refractivity contribution in [2.75, 3.05) is 0 Å². The van der Waals surface area contributed by atoms with Crippen molar-refractivity contribution in [3.8, 4) is 11.1 Å². The van der Waals surface area contributed by atoms with Gasteiger partial charge in [-0.15, -0.1) is 0 Å². The van der Waals surface area contributed by atoms with E-state index in [-0.39, 0.29) is 39.3 Å². The van der Waals surface area contributed by atoms with Crippen LogP contribution in [0.2, 0.25) is 0 Å². The summed E-state index contributed by atoms with van der Waals surface area (Å²) in [5.74, 6) is 0. The van der Waals surface area contributed by atoms with Crippen molar-refractivity contribution >= 4 is 3.21 Å². The van der Waals surface area contributed by atoms with Gasteiger partial charge in [-0.25, -0.2) is 0 Å². The normalized spacial score (nSPS) is 14.1. The number of benzene rings is 4. The van der Waals surface area contributed by atoms with Crippen molar-refractivity contribution in [3.63, 3.8) is 0 Å². The SMILES string of the molecule is Cc1cc2c(cc1C(C)(C)C)-c1cc(C(C)(C)C)c(C)cc1[CH]2[Zr+2]([C]1=CC=CC1)=[C](c1ccc(C(F)(F)F)cc1)c1ccc(C(F)(F)F)cc1.[Cl-].[Cl-]. The van der Waals surface area contributed by atoms with Crippen LogP contribution in [-0.2, 0) is 44.4 Å². The third kappa shape index (κ3) is 8.03. The fraction of sp³-hybridized carbons (Fsp3) is 0.326. The molecule has 0 radical (unpaired) electrons. The van der Waals surface area contributed by atoms with Crippen molar-refractivity contribution < 1.29 is 72.4 Å². The minimum absolute atomic E-state index is 0. The summed E-state index contributed by atoms with van der Waals surface area (Å²) in [6, 6.07) is 19.7. The molecule has 9 heteroatoms. The van der Waals surface area contributed by atoms with Crippen LogP contribution in [0.3, 0.4) is 0 Å². The van der Waals surface area contributed by atoms with Gasteiger partial charge in [-0.2, -0.15) is 0 Å². The average Bonchev–Trinajstić information content (AvgIpc) is 3.64. The molecule has 0 nitrogen and oxygen atoms in total. The molecule has 0 atom stereocenters. The van der Waals surface area contributed by atoms with E-state index in [0.29, 0.717) is 17.5 Å². The molecule has 4 aromatic carbocycles. The Bertz CT molecular complexity index is 1940. The minimum atomic E-state index is -4.51. The van der Waals surface area contributed by atoms with Crippen molar-refractivity contribution in [2.24, 2.45) is 0 Å². The zero-order chi connectivity index (χ0) is 36.6. The van der Waals surface area contributed by atoms with Crippen LogP contribution in [0, 0.1) is 13.8 Å². The molecule has 0 heterocycles. The Hall–Kier alpha value is -2.73. The largest absolute Gasteiger partial charge is 1.00 e. The van der Waals surface area contributed by atoms with Crippen LogP contribution in [0.25, 0.3) is 11.1 Å². The second kappa shape index (κ2) is 14.8. The third-order valence-corrected chi connectivity index (χ3v) is 18.3. The summed E-state index contributed by atoms with van der Waals surface area (Å²) < 4.78 is 84.7. The van der Waals surface area contributed by atoms with Gasteiger partial charge in [-0.05, 0) is 0 Å². The molecule has 0 saturated heterocycles. The Labute approximate surface area is 323 Å². The first-order valence-electron chi connectivity index (χ1n) is 16.9. The smallest absolute Gasteiger partial charge is 1.00 e. The average molecular weight is 835 g/mol. The molecule has 4 aromatic rings. The molecule has 0 amide bonds. The summed E-state index contributed by atoms with van der Waals surface area (Å²) in [6.45, 7) is 17.5. The second-order valence-corrected chi connectivity index (χ2v) is 22.0. The third-order valence-electron chi connectivity index (χ3n) is 10.00. The first-order valence-corrected chi connectivity index (χ1v) is 20.8. The molecule has 2 aliphatic carbocycles. The Morgan fingerprint density at radius 2 is 0.981 bits per heavy atom. The Balaban J connectivity index is 0.00000302. The molecule has 0 bridgehead atoms. The molecule has 0 aliphatic heterocycles. The van der Waals surface area contributed by atoms with Crippen LogP contribution in [-0.4, -0.2) is 3.21 Å². The summed E-state index contributed by atoms with van der Waals surface area (Å²) in [6.07, 6.45) is -2.04. The van der Waals surface area contributed by atoms with E-state index in [2.05, 4.69) is 91.8 Å². The summed E-state index contributed by atoms with van der Waals surface area (Å²) >= 11 is -3.38. The van der Waals surface area contributed by atoms with Gasteiger partial charge in [0.15, 0.2) is 0 Å². The topological polar surface area (TPSA) is 0 Å². The van der Waals surface area contributed by atoms with Crippen molar-refractivity contribution in [3.05, 3.63) is 150 Å². The van der Waals surface area contributed by atoms with E-state index in [1.54, 1.807) is 0 Å². The first-order chi connectivity index (χ1) is 23.2. The van der Waals surface area contributed by atoms with Crippen LogP contribution in [0.4, 0.5) is 26.3 Å². The van der Waals surface area contributed by atoms with Crippen molar-refractivity contribution in [1.29, 1.82) is 0 Å². The summed E-state index contributed by atoms with van der Waals surface area (Å²) in [4.78, 5) is 0. The number of alkyl halides is 6. The van der Waals surface area contributed by atoms with Crippen LogP contribution < -0.4 is 24.8 Å². The first kappa shape index (κ1) is 42.0. The molecule has 0 saturated carbocycles. The quantitative estimate of drug-likeness (QED) is 0.200. The summed E-state index contributed by atoms with van der Waals surface area (Å²) in [5, 5.41) is 0. The van der Waals surface area contributed by atoms with Crippen molar-refractivity contribution in [1.82, 2.24) is 0 Å². The van der Waals surface area contributed by atoms with E-state index in [9.17, 15) is 26.3 Å². The Morgan fingerprint density at radius 3 is 1.29 bits per heavy atom. The molecule has 0 spiro atoms. The van der Waals surface area contributed by atoms with Crippen LogP contribution in [0.5, 0.6) is 0 Å². The number of hydrogen-bond donors (Lipinski definition) is 0. The number of hydrogen-bond acceptors (Lipinski definition) is 0. The van der Waals surface area contributed by atoms with Gasteiger partial charge < -0.3 is 24.8 Å². The molecule has 0 aromatic heterocycles. The van der Waals surface area contributed by atoms with E-state index in [0.717, 1.165) is 27.5 Å². The van der Waals surface area contributed by atoms with Crippen LogP contribution >= 0.6 is 0 Å². The Morgan fingerprint density at radius 1 is 0.596 bits per heavy atom. The molecule has 0 unspecified atom stereocenters. The van der Waals surface area contributed by atoms with Gasteiger partial charge in [0.2, 0.25) is 0 Å². The monoisotopic (exact) mass is 832 g/mol. The predicted molar refractivity (Wildman–Crippen MR) is 189 cm³/mol. The second-order valence-electron chi connectivity index (χ2n) is 15.7. The van der Waals surface area contributed by atoms with Gasteiger partial charge in [0.25, 0.3) is 0 Å². The van der Waals surface area contributed by atoms with E-state index in [1.165, 1.54) is 72.1 Å². The van der Waals surface area contributed by atoms with Gasteiger partial charge in [-0.3, -0.25) is 0 Å². The van der Waals surface area contributed by atoms with E-state index in [4.69, 9.17) is 0 Å². The van der Waals surface area contributed by atoms with Gasteiger partial charge >= 0.3 is 301 Å². The standard InChI is InChI=1S/C23H29.C15H8F6.C5H5.2ClH.Zr/c1-14-9-16-11-17-10-15(2)21(23(6,7)8)13-19(17)18(16)12-20(14)22(3,4)5;16-14(17,18)12-5-1-10(2-6-12)9-11-3-7-13(8-4-11)15(19,20)21;1-2-4-5-3-1;;;/h9-13H,1-8H3;1-8H;1-3H,4H2;2*1H;/q;;;;;+2/p-2. The molecule has 0 fully saturated rings. The summed E-state index contributed by atoms with van der Waals surface area (Å²) in [5.41, 5.74) is 9.14. The molecular formula is C43H42Cl2F6Zr. The van der Waals surface area contributed by atoms with E-state index < -0.39 is 44.7 Å². The van der Waals surface area contributed by atoms with E-state index in [1.807, 2.05) is 6.08 Å². The van der Waals surface area contributed by atoms with Crippen LogP contribution in [0.1, 0.15) is 107 Å². The minimum Gasteiger partial charge on any atom is -1.00 e. The van der Waals surface area contributed by atoms with Crippen molar-refractivity contribution in [2.45, 2.75) is 88.6 Å². The molecule has 6 rings (SSSR count). The Kier molecular flexibility index (Phi) is 12.0. The maximum Gasteiger partial charge on any atom is -1.00 e. The van der Waals surface area contributed by atoms with Gasteiger partial charge in [0.1, 0.15) is 0 Å². The number of aryl methyl sites for hydroxylation is 2.